The van der Waals surface area contributed by atoms with Gasteiger partial charge >= 0.3 is 6.55 Å². The highest BCUT2D eigenvalue weighted by Gasteiger charge is 2.36. The van der Waals surface area contributed by atoms with Crippen molar-refractivity contribution in [2.75, 3.05) is 12.1 Å². The summed E-state index contributed by atoms with van der Waals surface area (Å²) in [6, 6.07) is 14.6. The predicted octanol–water partition coefficient (Wildman–Crippen LogP) is 2.51. The summed E-state index contributed by atoms with van der Waals surface area (Å²) >= 11 is 0. The van der Waals surface area contributed by atoms with Gasteiger partial charge in [-0.3, -0.25) is 19.2 Å². The highest BCUT2D eigenvalue weighted by atomic mass is 19.3. The Balaban J connectivity index is 1.59. The molecule has 4 rings (SSSR count). The van der Waals surface area contributed by atoms with Gasteiger partial charge in [0.2, 0.25) is 5.91 Å². The summed E-state index contributed by atoms with van der Waals surface area (Å²) in [6.07, 6.45) is 0.0265. The zero-order chi connectivity index (χ0) is 22.1. The number of nitrogens with two attached hydrogens (primary N) is 1. The Labute approximate surface area is 176 Å². The minimum atomic E-state index is -2.80. The Morgan fingerprint density at radius 1 is 1.16 bits per heavy atom. The molecule has 1 aliphatic heterocycles. The number of halogens is 2. The molecule has 2 heterocycles. The van der Waals surface area contributed by atoms with Crippen LogP contribution in [0.15, 0.2) is 59.7 Å². The van der Waals surface area contributed by atoms with E-state index in [4.69, 9.17) is 5.73 Å². The van der Waals surface area contributed by atoms with Crippen molar-refractivity contribution >= 4 is 34.2 Å². The van der Waals surface area contributed by atoms with Crippen molar-refractivity contribution in [2.45, 2.75) is 25.6 Å². The molecule has 0 saturated carbocycles. The smallest absolute Gasteiger partial charge is 0.320 e. The molecule has 31 heavy (non-hydrogen) atoms. The number of nitrogens with zero attached hydrogens (tertiary/aromatic N) is 5. The van der Waals surface area contributed by atoms with Gasteiger partial charge in [0.15, 0.2) is 0 Å². The van der Waals surface area contributed by atoms with Gasteiger partial charge in [-0.15, -0.1) is 0 Å². The van der Waals surface area contributed by atoms with E-state index in [1.54, 1.807) is 48.5 Å². The maximum absolute atomic E-state index is 13.7. The minimum absolute atomic E-state index is 0.0265. The fourth-order valence-electron chi connectivity index (χ4n) is 3.61. The number of hydrazone groups is 1. The van der Waals surface area contributed by atoms with E-state index in [2.05, 4.69) is 10.1 Å². The number of anilines is 1. The summed E-state index contributed by atoms with van der Waals surface area (Å²) in [6.45, 7) is -2.95. The number of carbonyl (C=O) groups excluding carboxylic acids is 2. The number of hydrogen-bond donors (Lipinski definition) is 1. The van der Waals surface area contributed by atoms with Crippen LogP contribution in [0.3, 0.4) is 0 Å². The minimum Gasteiger partial charge on any atom is -0.368 e. The molecule has 2 aromatic carbocycles. The Hall–Kier alpha value is -3.82. The van der Waals surface area contributed by atoms with Crippen molar-refractivity contribution < 1.29 is 18.4 Å². The lowest BCUT2D eigenvalue weighted by Crippen LogP contribution is -2.40. The molecule has 8 nitrogen and oxygen atoms in total. The second kappa shape index (κ2) is 8.13. The first-order valence-electron chi connectivity index (χ1n) is 9.57. The maximum atomic E-state index is 13.7. The molecule has 0 radical (unpaired) electrons. The fraction of sp³-hybridized carbons (Fsp3) is 0.238. The Morgan fingerprint density at radius 2 is 1.84 bits per heavy atom. The number of fused-ring (bicyclic) bond motifs is 1. The summed E-state index contributed by atoms with van der Waals surface area (Å²) in [5, 5.41) is 5.72. The average Bonchev–Trinajstić information content (AvgIpc) is 3.35. The number of rotatable bonds is 6. The summed E-state index contributed by atoms with van der Waals surface area (Å²) in [5.41, 5.74) is 6.96. The molecule has 2 N–H and O–H groups in total. The number of aromatic nitrogens is 2. The third-order valence-electron chi connectivity index (χ3n) is 5.10. The first kappa shape index (κ1) is 20.5. The Kier molecular flexibility index (Phi) is 5.37. The van der Waals surface area contributed by atoms with Gasteiger partial charge < -0.3 is 10.6 Å². The first-order chi connectivity index (χ1) is 14.9. The number of amides is 2. The highest BCUT2D eigenvalue weighted by Crippen LogP contribution is 2.26. The molecule has 0 fully saturated rings. The van der Waals surface area contributed by atoms with E-state index in [0.717, 1.165) is 4.57 Å². The van der Waals surface area contributed by atoms with Gasteiger partial charge in [-0.25, -0.2) is 4.98 Å². The predicted molar refractivity (Wildman–Crippen MR) is 111 cm³/mol. The summed E-state index contributed by atoms with van der Waals surface area (Å²) < 4.78 is 28.1. The molecule has 0 spiro atoms. The van der Waals surface area contributed by atoms with E-state index < -0.39 is 24.4 Å². The van der Waals surface area contributed by atoms with Gasteiger partial charge in [0, 0.05) is 13.5 Å². The highest BCUT2D eigenvalue weighted by molar-refractivity contribution is 6.40. The van der Waals surface area contributed by atoms with Crippen molar-refractivity contribution in [3.8, 4) is 0 Å². The van der Waals surface area contributed by atoms with Crippen molar-refractivity contribution in [2.24, 2.45) is 10.8 Å². The third kappa shape index (κ3) is 3.83. The van der Waals surface area contributed by atoms with Crippen molar-refractivity contribution in [3.05, 3.63) is 60.4 Å². The Bertz CT molecular complexity index is 1160. The zero-order valence-electron chi connectivity index (χ0n) is 16.7. The van der Waals surface area contributed by atoms with Gasteiger partial charge in [0.25, 0.3) is 5.91 Å². The van der Waals surface area contributed by atoms with Crippen LogP contribution < -0.4 is 10.7 Å². The molecule has 1 aliphatic rings. The van der Waals surface area contributed by atoms with Gasteiger partial charge in [-0.1, -0.05) is 30.3 Å². The van der Waals surface area contributed by atoms with E-state index >= 15 is 0 Å². The van der Waals surface area contributed by atoms with Crippen LogP contribution in [0.25, 0.3) is 11.0 Å². The fourth-order valence-corrected chi connectivity index (χ4v) is 3.61. The molecule has 3 aromatic rings. The normalized spacial score (nSPS) is 16.1. The number of imidazole rings is 1. The lowest BCUT2D eigenvalue weighted by molar-refractivity contribution is -0.123. The molecular formula is C21H20F2N6O2. The number of carbonyl (C=O) groups is 2. The number of para-hydroxylation sites is 3. The monoisotopic (exact) mass is 426 g/mol. The van der Waals surface area contributed by atoms with Crippen LogP contribution in [-0.4, -0.2) is 45.1 Å². The van der Waals surface area contributed by atoms with Gasteiger partial charge in [-0.2, -0.15) is 13.9 Å². The standard InChI is InChI=1S/C21H20F2N6O2/c1-27(12-18-25-14-9-5-6-10-16(14)28(18)21(22)23)20(31)15-11-17(19(24)30)29(26-15)13-7-3-2-4-8-13/h2-10,17,21H,11-12H2,1H3,(H2,24,30)/t17-/m0/s1. The maximum Gasteiger partial charge on any atom is 0.320 e. The molecule has 1 aromatic heterocycles. The molecule has 0 bridgehead atoms. The summed E-state index contributed by atoms with van der Waals surface area (Å²) in [5.74, 6) is -1.05. The summed E-state index contributed by atoms with van der Waals surface area (Å²) in [4.78, 5) is 30.4. The van der Waals surface area contributed by atoms with Crippen LogP contribution in [-0.2, 0) is 16.1 Å². The zero-order valence-corrected chi connectivity index (χ0v) is 16.7. The number of hydrogen-bond acceptors (Lipinski definition) is 5. The van der Waals surface area contributed by atoms with Crippen LogP contribution >= 0.6 is 0 Å². The first-order valence-corrected chi connectivity index (χ1v) is 9.57. The van der Waals surface area contributed by atoms with Crippen molar-refractivity contribution in [1.29, 1.82) is 0 Å². The van der Waals surface area contributed by atoms with E-state index in [1.807, 2.05) is 6.07 Å². The molecule has 0 saturated heterocycles. The summed E-state index contributed by atoms with van der Waals surface area (Å²) in [7, 11) is 1.48. The third-order valence-corrected chi connectivity index (χ3v) is 5.10. The largest absolute Gasteiger partial charge is 0.368 e. The lowest BCUT2D eigenvalue weighted by atomic mass is 10.1. The SMILES string of the molecule is CN(Cc1nc2ccccc2n1C(F)F)C(=O)C1=NN(c2ccccc2)[C@H](C(N)=O)C1. The molecule has 10 heteroatoms. The van der Waals surface area contributed by atoms with E-state index in [1.165, 1.54) is 17.0 Å². The number of primary amides is 1. The van der Waals surface area contributed by atoms with Gasteiger partial charge in [0.1, 0.15) is 17.6 Å². The van der Waals surface area contributed by atoms with E-state index in [-0.39, 0.29) is 30.0 Å². The second-order valence-corrected chi connectivity index (χ2v) is 7.17. The van der Waals surface area contributed by atoms with Crippen LogP contribution in [0.2, 0.25) is 0 Å². The van der Waals surface area contributed by atoms with Crippen molar-refractivity contribution in [1.82, 2.24) is 14.5 Å². The Morgan fingerprint density at radius 3 is 2.52 bits per heavy atom. The number of alkyl halides is 2. The van der Waals surface area contributed by atoms with Crippen LogP contribution in [0, 0.1) is 0 Å². The van der Waals surface area contributed by atoms with Gasteiger partial charge in [-0.05, 0) is 24.3 Å². The van der Waals surface area contributed by atoms with Crippen LogP contribution in [0.5, 0.6) is 0 Å². The molecule has 0 unspecified atom stereocenters. The van der Waals surface area contributed by atoms with Gasteiger partial charge in [0.05, 0.1) is 23.3 Å². The second-order valence-electron chi connectivity index (χ2n) is 7.17. The molecule has 160 valence electrons. The topological polar surface area (TPSA) is 96.8 Å². The lowest BCUT2D eigenvalue weighted by Gasteiger charge is -2.20. The molecule has 2 amide bonds. The van der Waals surface area contributed by atoms with E-state index in [9.17, 15) is 18.4 Å². The molecular weight excluding hydrogens is 406 g/mol. The van der Waals surface area contributed by atoms with Crippen molar-refractivity contribution in [3.63, 3.8) is 0 Å². The number of benzene rings is 2. The molecule has 1 atom stereocenters. The van der Waals surface area contributed by atoms with E-state index in [0.29, 0.717) is 11.2 Å². The molecule has 0 aliphatic carbocycles. The quantitative estimate of drug-likeness (QED) is 0.655. The van der Waals surface area contributed by atoms with Crippen LogP contribution in [0.1, 0.15) is 18.8 Å². The van der Waals surface area contributed by atoms with Crippen LogP contribution in [0.4, 0.5) is 14.5 Å². The average molecular weight is 426 g/mol.